The number of phosphoric acid groups is 1. The molecule has 0 spiro atoms. The summed E-state index contributed by atoms with van der Waals surface area (Å²) in [5.41, 5.74) is 0. The number of unbranched alkanes of at least 4 members (excludes halogenated alkanes) is 6. The van der Waals surface area contributed by atoms with Gasteiger partial charge in [0.05, 0.1) is 27.7 Å². The fraction of sp³-hybridized carbons (Fsp3) is 0.833. The van der Waals surface area contributed by atoms with Gasteiger partial charge in [-0.2, -0.15) is 0 Å². The van der Waals surface area contributed by atoms with Crippen LogP contribution in [0, 0.1) is 0 Å². The zero-order valence-corrected chi connectivity index (χ0v) is 22.7. The van der Waals surface area contributed by atoms with Crippen LogP contribution in [0.15, 0.2) is 12.2 Å². The van der Waals surface area contributed by atoms with E-state index < -0.39 is 32.5 Å². The molecule has 0 bridgehead atoms. The molecule has 0 aliphatic heterocycles. The van der Waals surface area contributed by atoms with Gasteiger partial charge in [0.1, 0.15) is 19.8 Å². The molecular formula is C24H47NO8P+. The molecule has 1 unspecified atom stereocenters. The maximum Gasteiger partial charge on any atom is 0.472 e. The summed E-state index contributed by atoms with van der Waals surface area (Å²) < 4.78 is 33.3. The van der Waals surface area contributed by atoms with E-state index in [-0.39, 0.29) is 26.1 Å². The predicted octanol–water partition coefficient (Wildman–Crippen LogP) is 4.78. The Hall–Kier alpha value is -1.25. The summed E-state index contributed by atoms with van der Waals surface area (Å²) in [6.07, 6.45) is 11.2. The van der Waals surface area contributed by atoms with E-state index in [4.69, 9.17) is 18.5 Å². The molecule has 0 aromatic heterocycles. The van der Waals surface area contributed by atoms with Crippen molar-refractivity contribution in [3.05, 3.63) is 12.2 Å². The third kappa shape index (κ3) is 21.3. The highest BCUT2D eigenvalue weighted by Gasteiger charge is 2.26. The topological polar surface area (TPSA) is 108 Å². The quantitative estimate of drug-likeness (QED) is 0.0776. The van der Waals surface area contributed by atoms with Crippen LogP contribution in [0.1, 0.15) is 78.1 Å². The number of rotatable bonds is 21. The van der Waals surface area contributed by atoms with Gasteiger partial charge in [-0.25, -0.2) is 4.57 Å². The minimum atomic E-state index is -4.33. The number of allylic oxidation sites excluding steroid dienone is 2. The van der Waals surface area contributed by atoms with Crippen molar-refractivity contribution in [1.82, 2.24) is 0 Å². The number of esters is 2. The first-order chi connectivity index (χ1) is 16.0. The molecule has 0 aromatic rings. The first-order valence-corrected chi connectivity index (χ1v) is 13.9. The number of ether oxygens (including phenoxy) is 2. The minimum Gasteiger partial charge on any atom is -0.462 e. The normalized spacial score (nSPS) is 14.6. The molecule has 0 aromatic carbocycles. The number of carbonyl (C=O) groups is 2. The van der Waals surface area contributed by atoms with Gasteiger partial charge in [-0.3, -0.25) is 18.6 Å². The first-order valence-electron chi connectivity index (χ1n) is 12.4. The SMILES string of the molecule is C/C=C\CCCCCCCC(=O)O[C@@H](COC(=O)CCCC)COP(=O)(O)OCC[N+](C)(C)C. The zero-order valence-electron chi connectivity index (χ0n) is 21.8. The van der Waals surface area contributed by atoms with Crippen LogP contribution in [0.2, 0.25) is 0 Å². The summed E-state index contributed by atoms with van der Waals surface area (Å²) in [5, 5.41) is 0. The Bertz CT molecular complexity index is 633. The maximum atomic E-state index is 12.3. The van der Waals surface area contributed by atoms with Crippen LogP contribution in [0.5, 0.6) is 0 Å². The average Bonchev–Trinajstić information content (AvgIpc) is 2.74. The van der Waals surface area contributed by atoms with Crippen LogP contribution in [-0.2, 0) is 32.7 Å². The predicted molar refractivity (Wildman–Crippen MR) is 132 cm³/mol. The second-order valence-corrected chi connectivity index (χ2v) is 10.8. The number of likely N-dealkylation sites (N-methyl/N-ethyl adjacent to an activating group) is 1. The molecule has 1 N–H and O–H groups in total. The third-order valence-corrected chi connectivity index (χ3v) is 5.87. The van der Waals surface area contributed by atoms with E-state index in [1.165, 1.54) is 0 Å². The second-order valence-electron chi connectivity index (χ2n) is 9.39. The lowest BCUT2D eigenvalue weighted by molar-refractivity contribution is -0.870. The summed E-state index contributed by atoms with van der Waals surface area (Å²) >= 11 is 0. The minimum absolute atomic E-state index is 0.0302. The lowest BCUT2D eigenvalue weighted by Gasteiger charge is -2.24. The number of hydrogen-bond acceptors (Lipinski definition) is 7. The molecule has 200 valence electrons. The van der Waals surface area contributed by atoms with Crippen molar-refractivity contribution in [1.29, 1.82) is 0 Å². The number of carbonyl (C=O) groups excluding carboxylic acids is 2. The number of nitrogens with zero attached hydrogens (tertiary/aromatic N) is 1. The first kappa shape index (κ1) is 32.8. The van der Waals surface area contributed by atoms with Gasteiger partial charge in [-0.15, -0.1) is 0 Å². The van der Waals surface area contributed by atoms with E-state index in [1.807, 2.05) is 41.1 Å². The zero-order chi connectivity index (χ0) is 25.9. The summed E-state index contributed by atoms with van der Waals surface area (Å²) in [7, 11) is 1.46. The van der Waals surface area contributed by atoms with E-state index in [0.717, 1.165) is 38.5 Å². The number of hydrogen-bond donors (Lipinski definition) is 1. The Morgan fingerprint density at radius 3 is 2.24 bits per heavy atom. The van der Waals surface area contributed by atoms with Crippen molar-refractivity contribution in [3.8, 4) is 0 Å². The Balaban J connectivity index is 4.55. The second kappa shape index (κ2) is 19.0. The molecule has 0 rings (SSSR count). The van der Waals surface area contributed by atoms with E-state index in [0.29, 0.717) is 23.9 Å². The van der Waals surface area contributed by atoms with Gasteiger partial charge in [-0.1, -0.05) is 44.8 Å². The molecule has 0 aliphatic rings. The van der Waals surface area contributed by atoms with Crippen molar-refractivity contribution in [2.75, 3.05) is 47.5 Å². The van der Waals surface area contributed by atoms with Crippen LogP contribution >= 0.6 is 7.82 Å². The molecule has 0 heterocycles. The summed E-state index contributed by atoms with van der Waals surface area (Å²) in [5.74, 6) is -0.863. The van der Waals surface area contributed by atoms with Gasteiger partial charge in [0.25, 0.3) is 0 Å². The lowest BCUT2D eigenvalue weighted by atomic mass is 10.1. The Kier molecular flexibility index (Phi) is 18.3. The van der Waals surface area contributed by atoms with E-state index in [9.17, 15) is 19.0 Å². The van der Waals surface area contributed by atoms with Crippen molar-refractivity contribution in [2.45, 2.75) is 84.2 Å². The fourth-order valence-electron chi connectivity index (χ4n) is 2.81. The van der Waals surface area contributed by atoms with Crippen LogP contribution in [-0.4, -0.2) is 74.9 Å². The van der Waals surface area contributed by atoms with Crippen LogP contribution < -0.4 is 0 Å². The molecule has 0 saturated carbocycles. The van der Waals surface area contributed by atoms with Crippen LogP contribution in [0.25, 0.3) is 0 Å². The summed E-state index contributed by atoms with van der Waals surface area (Å²) in [6, 6.07) is 0. The highest BCUT2D eigenvalue weighted by Crippen LogP contribution is 2.43. The van der Waals surface area contributed by atoms with Crippen molar-refractivity contribution < 1.29 is 42.1 Å². The lowest BCUT2D eigenvalue weighted by Crippen LogP contribution is -2.37. The van der Waals surface area contributed by atoms with E-state index in [1.54, 1.807) is 0 Å². The van der Waals surface area contributed by atoms with Gasteiger partial charge < -0.3 is 18.9 Å². The maximum absolute atomic E-state index is 12.3. The van der Waals surface area contributed by atoms with Gasteiger partial charge in [0, 0.05) is 12.8 Å². The molecule has 2 atom stereocenters. The monoisotopic (exact) mass is 508 g/mol. The van der Waals surface area contributed by atoms with Gasteiger partial charge in [0.15, 0.2) is 6.10 Å². The van der Waals surface area contributed by atoms with Crippen molar-refractivity contribution in [3.63, 3.8) is 0 Å². The smallest absolute Gasteiger partial charge is 0.462 e. The highest BCUT2D eigenvalue weighted by molar-refractivity contribution is 7.47. The van der Waals surface area contributed by atoms with Crippen LogP contribution in [0.3, 0.4) is 0 Å². The number of quaternary nitrogens is 1. The molecule has 0 radical (unpaired) electrons. The van der Waals surface area contributed by atoms with Gasteiger partial charge in [-0.05, 0) is 32.6 Å². The molecular weight excluding hydrogens is 461 g/mol. The molecule has 0 amide bonds. The van der Waals surface area contributed by atoms with Crippen molar-refractivity contribution >= 4 is 19.8 Å². The van der Waals surface area contributed by atoms with Crippen molar-refractivity contribution in [2.24, 2.45) is 0 Å². The Morgan fingerprint density at radius 1 is 0.941 bits per heavy atom. The van der Waals surface area contributed by atoms with E-state index >= 15 is 0 Å². The molecule has 9 nitrogen and oxygen atoms in total. The highest BCUT2D eigenvalue weighted by atomic mass is 31.2. The average molecular weight is 509 g/mol. The Labute approximate surface area is 206 Å². The summed E-state index contributed by atoms with van der Waals surface area (Å²) in [6.45, 7) is 3.87. The molecule has 10 heteroatoms. The van der Waals surface area contributed by atoms with Crippen LogP contribution in [0.4, 0.5) is 0 Å². The number of phosphoric ester groups is 1. The van der Waals surface area contributed by atoms with Gasteiger partial charge >= 0.3 is 19.8 Å². The molecule has 0 saturated heterocycles. The standard InChI is InChI=1S/C24H46NO8P/c1-6-8-10-11-12-13-14-15-17-24(27)33-22(20-30-23(26)16-9-7-2)21-32-34(28,29)31-19-18-25(3,4)5/h6,8,22H,7,9-21H2,1-5H3/p+1/b8-6-/t22-/m0/s1. The van der Waals surface area contributed by atoms with Gasteiger partial charge in [0.2, 0.25) is 0 Å². The largest absolute Gasteiger partial charge is 0.472 e. The third-order valence-electron chi connectivity index (χ3n) is 4.89. The Morgan fingerprint density at radius 2 is 1.59 bits per heavy atom. The molecule has 34 heavy (non-hydrogen) atoms. The fourth-order valence-corrected chi connectivity index (χ4v) is 3.55. The summed E-state index contributed by atoms with van der Waals surface area (Å²) in [4.78, 5) is 34.0. The molecule has 0 fully saturated rings. The van der Waals surface area contributed by atoms with E-state index in [2.05, 4.69) is 6.08 Å². The molecule has 0 aliphatic carbocycles.